The van der Waals surface area contributed by atoms with Gasteiger partial charge in [-0.1, -0.05) is 15.9 Å². The Morgan fingerprint density at radius 2 is 1.84 bits per heavy atom. The third kappa shape index (κ3) is 4.51. The lowest BCUT2D eigenvalue weighted by Crippen LogP contribution is -2.52. The van der Waals surface area contributed by atoms with E-state index in [1.54, 1.807) is 14.0 Å². The third-order valence-corrected chi connectivity index (χ3v) is 3.67. The van der Waals surface area contributed by atoms with Crippen LogP contribution in [0.3, 0.4) is 0 Å². The zero-order chi connectivity index (χ0) is 14.7. The first kappa shape index (κ1) is 16.0. The Morgan fingerprint density at radius 1 is 1.32 bits per heavy atom. The van der Waals surface area contributed by atoms with Crippen LogP contribution in [0, 0.1) is 0 Å². The van der Waals surface area contributed by atoms with Gasteiger partial charge in [-0.15, -0.1) is 0 Å². The van der Waals surface area contributed by atoms with Crippen molar-refractivity contribution in [3.05, 3.63) is 28.7 Å². The number of nitrogens with two attached hydrogens (primary N) is 1. The molecule has 1 atom stereocenters. The molecular formula is C14H21BrN2O2. The molecule has 0 aliphatic carbocycles. The van der Waals surface area contributed by atoms with Crippen LogP contribution in [0.1, 0.15) is 27.2 Å². The molecule has 19 heavy (non-hydrogen) atoms. The molecule has 0 saturated heterocycles. The van der Waals surface area contributed by atoms with E-state index in [1.807, 2.05) is 38.1 Å². The van der Waals surface area contributed by atoms with Crippen LogP contribution in [-0.4, -0.2) is 24.2 Å². The number of ether oxygens (including phenoxy) is 1. The Balaban J connectivity index is 2.94. The number of benzene rings is 1. The average Bonchev–Trinajstić information content (AvgIpc) is 2.31. The molecule has 1 unspecified atom stereocenters. The summed E-state index contributed by atoms with van der Waals surface area (Å²) in [5.74, 6) is -0.402. The van der Waals surface area contributed by atoms with Crippen molar-refractivity contribution >= 4 is 27.5 Å². The highest BCUT2D eigenvalue weighted by Gasteiger charge is 2.37. The first-order valence-corrected chi connectivity index (χ1v) is 6.87. The molecule has 0 radical (unpaired) electrons. The summed E-state index contributed by atoms with van der Waals surface area (Å²) in [5.41, 5.74) is 5.08. The molecule has 1 aromatic carbocycles. The van der Waals surface area contributed by atoms with Gasteiger partial charge >= 0.3 is 0 Å². The van der Waals surface area contributed by atoms with Crippen LogP contribution >= 0.6 is 15.9 Å². The van der Waals surface area contributed by atoms with E-state index in [0.29, 0.717) is 6.42 Å². The summed E-state index contributed by atoms with van der Waals surface area (Å²) in [6, 6.07) is 7.60. The number of carbonyl (C=O) groups excluding carboxylic acids is 1. The molecule has 5 heteroatoms. The van der Waals surface area contributed by atoms with Gasteiger partial charge in [0.15, 0.2) is 0 Å². The van der Waals surface area contributed by atoms with E-state index in [0.717, 1.165) is 10.2 Å². The zero-order valence-corrected chi connectivity index (χ0v) is 13.4. The molecule has 1 rings (SSSR count). The minimum atomic E-state index is -0.868. The van der Waals surface area contributed by atoms with Crippen LogP contribution < -0.4 is 11.1 Å². The second-order valence-electron chi connectivity index (χ2n) is 5.47. The predicted molar refractivity (Wildman–Crippen MR) is 81.1 cm³/mol. The number of hydrogen-bond donors (Lipinski definition) is 2. The summed E-state index contributed by atoms with van der Waals surface area (Å²) in [7, 11) is 1.63. The standard InChI is InChI=1S/C14H21BrN2O2/c1-13(2,19-4)9-14(3,12(16)18)17-11-7-5-10(15)6-8-11/h5-8,17H,9H2,1-4H3,(H2,16,18). The van der Waals surface area contributed by atoms with Gasteiger partial charge < -0.3 is 15.8 Å². The van der Waals surface area contributed by atoms with Gasteiger partial charge in [0, 0.05) is 23.7 Å². The van der Waals surface area contributed by atoms with Crippen LogP contribution in [0.15, 0.2) is 28.7 Å². The number of hydrogen-bond acceptors (Lipinski definition) is 3. The normalized spacial score (nSPS) is 14.8. The van der Waals surface area contributed by atoms with Gasteiger partial charge in [-0.2, -0.15) is 0 Å². The van der Waals surface area contributed by atoms with Gasteiger partial charge in [0.1, 0.15) is 5.54 Å². The van der Waals surface area contributed by atoms with Crippen molar-refractivity contribution in [2.75, 3.05) is 12.4 Å². The second kappa shape index (κ2) is 5.92. The maximum absolute atomic E-state index is 11.8. The lowest BCUT2D eigenvalue weighted by atomic mass is 9.86. The van der Waals surface area contributed by atoms with Crippen molar-refractivity contribution in [1.82, 2.24) is 0 Å². The van der Waals surface area contributed by atoms with Gasteiger partial charge in [-0.05, 0) is 45.0 Å². The summed E-state index contributed by atoms with van der Waals surface area (Å²) < 4.78 is 6.37. The third-order valence-electron chi connectivity index (χ3n) is 3.14. The van der Waals surface area contributed by atoms with Crippen molar-refractivity contribution in [2.45, 2.75) is 38.3 Å². The fourth-order valence-electron chi connectivity index (χ4n) is 1.97. The Labute approximate surface area is 122 Å². The van der Waals surface area contributed by atoms with E-state index < -0.39 is 17.0 Å². The van der Waals surface area contributed by atoms with Crippen LogP contribution in [0.5, 0.6) is 0 Å². The SMILES string of the molecule is COC(C)(C)CC(C)(Nc1ccc(Br)cc1)C(N)=O. The van der Waals surface area contributed by atoms with Crippen molar-refractivity contribution < 1.29 is 9.53 Å². The summed E-state index contributed by atoms with van der Waals surface area (Å²) in [5, 5.41) is 3.20. The lowest BCUT2D eigenvalue weighted by molar-refractivity contribution is -0.124. The van der Waals surface area contributed by atoms with Gasteiger partial charge in [-0.25, -0.2) is 0 Å². The van der Waals surface area contributed by atoms with E-state index in [1.165, 1.54) is 0 Å². The number of rotatable bonds is 6. The quantitative estimate of drug-likeness (QED) is 0.843. The molecule has 0 aliphatic rings. The number of methoxy groups -OCH3 is 1. The van der Waals surface area contributed by atoms with Crippen molar-refractivity contribution in [1.29, 1.82) is 0 Å². The Kier molecular flexibility index (Phi) is 4.98. The van der Waals surface area contributed by atoms with Crippen molar-refractivity contribution in [3.63, 3.8) is 0 Å². The Bertz CT molecular complexity index is 445. The molecule has 0 aliphatic heterocycles. The highest BCUT2D eigenvalue weighted by atomic mass is 79.9. The number of primary amides is 1. The van der Waals surface area contributed by atoms with Crippen LogP contribution in [0.2, 0.25) is 0 Å². The first-order chi connectivity index (χ1) is 8.68. The van der Waals surface area contributed by atoms with Gasteiger partial charge in [0.05, 0.1) is 5.60 Å². The summed E-state index contributed by atoms with van der Waals surface area (Å²) in [6.45, 7) is 5.65. The summed E-state index contributed by atoms with van der Waals surface area (Å²) >= 11 is 3.37. The molecule has 1 amide bonds. The Hall–Kier alpha value is -1.07. The van der Waals surface area contributed by atoms with Crippen molar-refractivity contribution in [2.24, 2.45) is 5.73 Å². The molecule has 0 fully saturated rings. The molecule has 0 aromatic heterocycles. The van der Waals surface area contributed by atoms with Crippen LogP contribution in [0.4, 0.5) is 5.69 Å². The smallest absolute Gasteiger partial charge is 0.242 e. The lowest BCUT2D eigenvalue weighted by Gasteiger charge is -2.35. The molecule has 1 aromatic rings. The fourth-order valence-corrected chi connectivity index (χ4v) is 2.23. The maximum Gasteiger partial charge on any atom is 0.242 e. The highest BCUT2D eigenvalue weighted by molar-refractivity contribution is 9.10. The van der Waals surface area contributed by atoms with E-state index >= 15 is 0 Å². The molecule has 0 saturated carbocycles. The topological polar surface area (TPSA) is 64.3 Å². The summed E-state index contributed by atoms with van der Waals surface area (Å²) in [6.07, 6.45) is 0.474. The number of amides is 1. The monoisotopic (exact) mass is 328 g/mol. The molecular weight excluding hydrogens is 308 g/mol. The molecule has 0 bridgehead atoms. The zero-order valence-electron chi connectivity index (χ0n) is 11.8. The average molecular weight is 329 g/mol. The number of carbonyl (C=O) groups is 1. The van der Waals surface area contributed by atoms with E-state index in [2.05, 4.69) is 21.2 Å². The van der Waals surface area contributed by atoms with Crippen molar-refractivity contribution in [3.8, 4) is 0 Å². The number of anilines is 1. The van der Waals surface area contributed by atoms with Gasteiger partial charge in [0.2, 0.25) is 5.91 Å². The highest BCUT2D eigenvalue weighted by Crippen LogP contribution is 2.27. The Morgan fingerprint density at radius 3 is 2.26 bits per heavy atom. The van der Waals surface area contributed by atoms with Gasteiger partial charge in [-0.3, -0.25) is 4.79 Å². The largest absolute Gasteiger partial charge is 0.379 e. The first-order valence-electron chi connectivity index (χ1n) is 6.07. The molecule has 0 heterocycles. The van der Waals surface area contributed by atoms with Crippen LogP contribution in [0.25, 0.3) is 0 Å². The fraction of sp³-hybridized carbons (Fsp3) is 0.500. The van der Waals surface area contributed by atoms with E-state index in [9.17, 15) is 4.79 Å². The second-order valence-corrected chi connectivity index (χ2v) is 6.38. The molecule has 106 valence electrons. The number of nitrogens with one attached hydrogen (secondary N) is 1. The van der Waals surface area contributed by atoms with Crippen LogP contribution in [-0.2, 0) is 9.53 Å². The molecule has 4 nitrogen and oxygen atoms in total. The molecule has 3 N–H and O–H groups in total. The minimum Gasteiger partial charge on any atom is -0.379 e. The van der Waals surface area contributed by atoms with E-state index in [4.69, 9.17) is 10.5 Å². The van der Waals surface area contributed by atoms with Gasteiger partial charge in [0.25, 0.3) is 0 Å². The number of halogens is 1. The van der Waals surface area contributed by atoms with E-state index in [-0.39, 0.29) is 0 Å². The minimum absolute atomic E-state index is 0.402. The summed E-state index contributed by atoms with van der Waals surface area (Å²) in [4.78, 5) is 11.8. The maximum atomic E-state index is 11.8. The molecule has 0 spiro atoms. The predicted octanol–water partition coefficient (Wildman–Crippen LogP) is 2.92.